The Kier molecular flexibility index (Phi) is 2.92. The minimum atomic E-state index is 0.584. The van der Waals surface area contributed by atoms with Crippen LogP contribution in [-0.2, 0) is 0 Å². The number of aromatic nitrogens is 1. The van der Waals surface area contributed by atoms with Gasteiger partial charge in [-0.2, -0.15) is 0 Å². The van der Waals surface area contributed by atoms with E-state index in [-0.39, 0.29) is 0 Å². The van der Waals surface area contributed by atoms with E-state index >= 15 is 0 Å². The number of hydrogen-bond donors (Lipinski definition) is 1. The van der Waals surface area contributed by atoms with Gasteiger partial charge in [0.05, 0.1) is 0 Å². The van der Waals surface area contributed by atoms with Crippen molar-refractivity contribution in [3.05, 3.63) is 36.0 Å². The summed E-state index contributed by atoms with van der Waals surface area (Å²) in [6, 6.07) is 9.42. The third-order valence-corrected chi connectivity index (χ3v) is 3.93. The van der Waals surface area contributed by atoms with E-state index in [1.54, 1.807) is 0 Å². The zero-order valence-corrected chi connectivity index (χ0v) is 11.0. The van der Waals surface area contributed by atoms with E-state index in [4.69, 9.17) is 0 Å². The first-order valence-electron chi connectivity index (χ1n) is 6.56. The van der Waals surface area contributed by atoms with E-state index in [0.717, 1.165) is 5.82 Å². The first kappa shape index (κ1) is 11.5. The number of nitrogens with zero attached hydrogens (tertiary/aromatic N) is 2. The summed E-state index contributed by atoms with van der Waals surface area (Å²) in [4.78, 5) is 6.79. The molecule has 94 valence electrons. The van der Waals surface area contributed by atoms with Gasteiger partial charge >= 0.3 is 0 Å². The fraction of sp³-hybridized carbons (Fsp3) is 0.400. The molecule has 0 radical (unpaired) electrons. The van der Waals surface area contributed by atoms with Crippen molar-refractivity contribution < 1.29 is 0 Å². The van der Waals surface area contributed by atoms with Gasteiger partial charge in [-0.15, -0.1) is 0 Å². The smallest absolute Gasteiger partial charge is 0.133 e. The summed E-state index contributed by atoms with van der Waals surface area (Å²) in [6.45, 7) is 1.21. The number of benzene rings is 1. The second-order valence-electron chi connectivity index (χ2n) is 5.03. The molecular formula is C15H19N3. The maximum Gasteiger partial charge on any atom is 0.133 e. The van der Waals surface area contributed by atoms with E-state index in [2.05, 4.69) is 46.5 Å². The highest BCUT2D eigenvalue weighted by Crippen LogP contribution is 2.32. The van der Waals surface area contributed by atoms with Crippen LogP contribution in [0.3, 0.4) is 0 Å². The monoisotopic (exact) mass is 241 g/mol. The van der Waals surface area contributed by atoms with E-state index in [1.807, 2.05) is 13.2 Å². The maximum atomic E-state index is 4.35. The molecule has 18 heavy (non-hydrogen) atoms. The molecule has 3 heteroatoms. The van der Waals surface area contributed by atoms with Crippen molar-refractivity contribution in [1.82, 2.24) is 9.88 Å². The molecule has 2 heterocycles. The van der Waals surface area contributed by atoms with E-state index in [9.17, 15) is 0 Å². The van der Waals surface area contributed by atoms with Gasteiger partial charge in [-0.25, -0.2) is 4.98 Å². The molecule has 1 aromatic heterocycles. The Morgan fingerprint density at radius 2 is 2.22 bits per heavy atom. The molecule has 3 nitrogen and oxygen atoms in total. The predicted molar refractivity (Wildman–Crippen MR) is 75.9 cm³/mol. The molecule has 1 atom stereocenters. The summed E-state index contributed by atoms with van der Waals surface area (Å²) in [5, 5.41) is 5.62. The molecule has 1 aliphatic heterocycles. The van der Waals surface area contributed by atoms with E-state index in [1.165, 1.54) is 35.7 Å². The van der Waals surface area contributed by atoms with Gasteiger partial charge in [0.25, 0.3) is 0 Å². The van der Waals surface area contributed by atoms with E-state index in [0.29, 0.717) is 6.04 Å². The maximum absolute atomic E-state index is 4.35. The molecule has 1 fully saturated rings. The van der Waals surface area contributed by atoms with Crippen LogP contribution in [-0.4, -0.2) is 30.5 Å². The third-order valence-electron chi connectivity index (χ3n) is 3.93. The zero-order valence-electron chi connectivity index (χ0n) is 11.0. The van der Waals surface area contributed by atoms with Crippen molar-refractivity contribution in [2.75, 3.05) is 26.0 Å². The van der Waals surface area contributed by atoms with Crippen LogP contribution in [0.25, 0.3) is 10.8 Å². The number of anilines is 1. The van der Waals surface area contributed by atoms with Crippen LogP contribution in [0.5, 0.6) is 0 Å². The molecule has 0 unspecified atom stereocenters. The topological polar surface area (TPSA) is 28.2 Å². The lowest BCUT2D eigenvalue weighted by molar-refractivity contribution is 0.317. The van der Waals surface area contributed by atoms with E-state index < -0.39 is 0 Å². The molecule has 2 aromatic rings. The third kappa shape index (κ3) is 1.85. The fourth-order valence-electron chi connectivity index (χ4n) is 2.93. The van der Waals surface area contributed by atoms with Crippen molar-refractivity contribution >= 4 is 16.6 Å². The average molecular weight is 241 g/mol. The summed E-state index contributed by atoms with van der Waals surface area (Å²) in [5.74, 6) is 0.957. The summed E-state index contributed by atoms with van der Waals surface area (Å²) >= 11 is 0. The first-order chi connectivity index (χ1) is 8.79. The molecule has 0 bridgehead atoms. The Balaban J connectivity index is 2.06. The van der Waals surface area contributed by atoms with Gasteiger partial charge in [-0.05, 0) is 49.5 Å². The van der Waals surface area contributed by atoms with Gasteiger partial charge < -0.3 is 5.32 Å². The minimum Gasteiger partial charge on any atom is -0.373 e. The average Bonchev–Trinajstić information content (AvgIpc) is 2.83. The molecule has 0 amide bonds. The van der Waals surface area contributed by atoms with Crippen LogP contribution in [0.2, 0.25) is 0 Å². The second kappa shape index (κ2) is 4.58. The van der Waals surface area contributed by atoms with Crippen molar-refractivity contribution in [1.29, 1.82) is 0 Å². The molecule has 1 aromatic carbocycles. The van der Waals surface area contributed by atoms with Gasteiger partial charge in [0.15, 0.2) is 0 Å². The SMILES string of the molecule is CNc1nccc2cc([C@H]3CCCN3C)ccc12. The molecule has 0 saturated carbocycles. The van der Waals surface area contributed by atoms with Crippen LogP contribution < -0.4 is 5.32 Å². The summed E-state index contributed by atoms with van der Waals surface area (Å²) in [7, 11) is 4.13. The fourth-order valence-corrected chi connectivity index (χ4v) is 2.93. The Hall–Kier alpha value is -1.61. The first-order valence-corrected chi connectivity index (χ1v) is 6.56. The highest BCUT2D eigenvalue weighted by molar-refractivity contribution is 5.92. The van der Waals surface area contributed by atoms with Crippen molar-refractivity contribution in [2.24, 2.45) is 0 Å². The number of nitrogens with one attached hydrogen (secondary N) is 1. The summed E-state index contributed by atoms with van der Waals surface area (Å²) in [6.07, 6.45) is 4.44. The number of likely N-dealkylation sites (tertiary alicyclic amines) is 1. The van der Waals surface area contributed by atoms with Crippen molar-refractivity contribution in [2.45, 2.75) is 18.9 Å². The second-order valence-corrected chi connectivity index (χ2v) is 5.03. The Morgan fingerprint density at radius 3 is 2.94 bits per heavy atom. The van der Waals surface area contributed by atoms with Gasteiger partial charge in [0.1, 0.15) is 5.82 Å². The normalized spacial score (nSPS) is 20.4. The molecule has 1 aliphatic rings. The lowest BCUT2D eigenvalue weighted by Gasteiger charge is -2.20. The Labute approximate surface area is 108 Å². The van der Waals surface area contributed by atoms with Crippen LogP contribution >= 0.6 is 0 Å². The molecule has 1 saturated heterocycles. The van der Waals surface area contributed by atoms with Gasteiger partial charge in [0.2, 0.25) is 0 Å². The van der Waals surface area contributed by atoms with Crippen LogP contribution in [0.15, 0.2) is 30.5 Å². The number of hydrogen-bond acceptors (Lipinski definition) is 3. The largest absolute Gasteiger partial charge is 0.373 e. The predicted octanol–water partition coefficient (Wildman–Crippen LogP) is 3.04. The Morgan fingerprint density at radius 1 is 1.33 bits per heavy atom. The standard InChI is InChI=1S/C15H19N3/c1-16-15-13-6-5-12(10-11(13)7-8-17-15)14-4-3-9-18(14)2/h5-8,10,14H,3-4,9H2,1-2H3,(H,16,17)/t14-/m1/s1. The molecular weight excluding hydrogens is 222 g/mol. The number of pyridine rings is 1. The van der Waals surface area contributed by atoms with Gasteiger partial charge in [0, 0.05) is 24.7 Å². The highest BCUT2D eigenvalue weighted by Gasteiger charge is 2.22. The minimum absolute atomic E-state index is 0.584. The summed E-state index contributed by atoms with van der Waals surface area (Å²) in [5.41, 5.74) is 1.43. The van der Waals surface area contributed by atoms with Crippen molar-refractivity contribution in [3.63, 3.8) is 0 Å². The quantitative estimate of drug-likeness (QED) is 0.876. The number of fused-ring (bicyclic) bond motifs is 1. The van der Waals surface area contributed by atoms with Crippen LogP contribution in [0.1, 0.15) is 24.4 Å². The summed E-state index contributed by atoms with van der Waals surface area (Å²) < 4.78 is 0. The Bertz CT molecular complexity index is 565. The zero-order chi connectivity index (χ0) is 12.5. The lowest BCUT2D eigenvalue weighted by Crippen LogP contribution is -2.17. The van der Waals surface area contributed by atoms with Crippen molar-refractivity contribution in [3.8, 4) is 0 Å². The number of rotatable bonds is 2. The van der Waals surface area contributed by atoms with Crippen LogP contribution in [0, 0.1) is 0 Å². The molecule has 0 spiro atoms. The van der Waals surface area contributed by atoms with Gasteiger partial charge in [-0.1, -0.05) is 12.1 Å². The molecule has 3 rings (SSSR count). The highest BCUT2D eigenvalue weighted by atomic mass is 15.1. The molecule has 1 N–H and O–H groups in total. The lowest BCUT2D eigenvalue weighted by atomic mass is 10.0. The van der Waals surface area contributed by atoms with Crippen LogP contribution in [0.4, 0.5) is 5.82 Å². The van der Waals surface area contributed by atoms with Gasteiger partial charge in [-0.3, -0.25) is 4.90 Å². The molecule has 0 aliphatic carbocycles.